The number of nitrogens with two attached hydrogens (primary N) is 1. The summed E-state index contributed by atoms with van der Waals surface area (Å²) in [6.07, 6.45) is 2.53. The van der Waals surface area contributed by atoms with Gasteiger partial charge in [0.2, 0.25) is 5.91 Å². The van der Waals surface area contributed by atoms with Crippen molar-refractivity contribution in [1.82, 2.24) is 15.1 Å². The molecular formula is C20H33N5O2. The van der Waals surface area contributed by atoms with Crippen LogP contribution in [0.3, 0.4) is 0 Å². The molecule has 0 spiro atoms. The number of aliphatic imine (C=N–C) groups is 1. The van der Waals surface area contributed by atoms with Crippen LogP contribution in [0.5, 0.6) is 5.75 Å². The molecule has 0 radical (unpaired) electrons. The van der Waals surface area contributed by atoms with Crippen LogP contribution < -0.4 is 15.8 Å². The van der Waals surface area contributed by atoms with Gasteiger partial charge in [0.1, 0.15) is 5.75 Å². The molecule has 1 heterocycles. The number of amides is 1. The lowest BCUT2D eigenvalue weighted by molar-refractivity contribution is -0.119. The largest absolute Gasteiger partial charge is 0.497 e. The van der Waals surface area contributed by atoms with Crippen LogP contribution in [0.15, 0.2) is 29.3 Å². The number of rotatable bonds is 7. The number of methoxy groups -OCH3 is 1. The summed E-state index contributed by atoms with van der Waals surface area (Å²) >= 11 is 0. The Balaban J connectivity index is 2.02. The van der Waals surface area contributed by atoms with Crippen LogP contribution >= 0.6 is 0 Å². The maximum Gasteiger partial charge on any atom is 0.217 e. The third-order valence-corrected chi connectivity index (χ3v) is 5.08. The molecule has 2 atom stereocenters. The molecule has 27 heavy (non-hydrogen) atoms. The summed E-state index contributed by atoms with van der Waals surface area (Å²) in [4.78, 5) is 20.1. The molecule has 150 valence electrons. The van der Waals surface area contributed by atoms with Gasteiger partial charge < -0.3 is 25.6 Å². The highest BCUT2D eigenvalue weighted by Crippen LogP contribution is 2.23. The standard InChI is InChI=1S/C20H33N5O2/c1-22-20(25-10-6-7-15(14-25)11-19(21)26)23-13-18(24(2)3)16-8-5-9-17(12-16)27-4/h5,8-9,12,15,18H,6-7,10-11,13-14H2,1-4H3,(H2,21,26)(H,22,23). The van der Waals surface area contributed by atoms with Crippen LogP contribution in [0.4, 0.5) is 0 Å². The van der Waals surface area contributed by atoms with Gasteiger partial charge in [0.05, 0.1) is 13.2 Å². The Labute approximate surface area is 162 Å². The summed E-state index contributed by atoms with van der Waals surface area (Å²) in [6, 6.07) is 8.33. The minimum Gasteiger partial charge on any atom is -0.497 e. The van der Waals surface area contributed by atoms with E-state index in [0.29, 0.717) is 12.3 Å². The molecule has 1 aliphatic rings. The van der Waals surface area contributed by atoms with Crippen molar-refractivity contribution in [2.75, 3.05) is 47.9 Å². The average molecular weight is 376 g/mol. The molecule has 0 bridgehead atoms. The lowest BCUT2D eigenvalue weighted by atomic mass is 9.95. The number of primary amides is 1. The minimum absolute atomic E-state index is 0.183. The quantitative estimate of drug-likeness (QED) is 0.557. The Hall–Kier alpha value is -2.28. The number of guanidine groups is 1. The zero-order valence-electron chi connectivity index (χ0n) is 16.9. The first-order valence-corrected chi connectivity index (χ1v) is 9.48. The zero-order valence-corrected chi connectivity index (χ0v) is 16.9. The van der Waals surface area contributed by atoms with Crippen LogP contribution in [0.1, 0.15) is 30.9 Å². The Morgan fingerprint density at radius 3 is 2.89 bits per heavy atom. The van der Waals surface area contributed by atoms with Crippen molar-refractivity contribution < 1.29 is 9.53 Å². The van der Waals surface area contributed by atoms with Crippen molar-refractivity contribution in [3.05, 3.63) is 29.8 Å². The molecule has 1 aromatic rings. The molecule has 1 aliphatic heterocycles. The van der Waals surface area contributed by atoms with E-state index in [2.05, 4.69) is 46.3 Å². The van der Waals surface area contributed by atoms with E-state index >= 15 is 0 Å². The van der Waals surface area contributed by atoms with Crippen LogP contribution in [0.2, 0.25) is 0 Å². The minimum atomic E-state index is -0.226. The molecular weight excluding hydrogens is 342 g/mol. The summed E-state index contributed by atoms with van der Waals surface area (Å²) in [5.41, 5.74) is 6.57. The van der Waals surface area contributed by atoms with E-state index in [-0.39, 0.29) is 11.9 Å². The van der Waals surface area contributed by atoms with E-state index in [0.717, 1.165) is 44.2 Å². The SMILES string of the molecule is CN=C(NCC(c1cccc(OC)c1)N(C)C)N1CCCC(CC(N)=O)C1. The highest BCUT2D eigenvalue weighted by molar-refractivity contribution is 5.80. The monoisotopic (exact) mass is 375 g/mol. The molecule has 1 fully saturated rings. The van der Waals surface area contributed by atoms with Gasteiger partial charge in [0, 0.05) is 33.1 Å². The predicted octanol–water partition coefficient (Wildman–Crippen LogP) is 1.46. The number of benzene rings is 1. The highest BCUT2D eigenvalue weighted by atomic mass is 16.5. The smallest absolute Gasteiger partial charge is 0.217 e. The first-order chi connectivity index (χ1) is 12.9. The molecule has 0 saturated carbocycles. The van der Waals surface area contributed by atoms with Crippen molar-refractivity contribution in [1.29, 1.82) is 0 Å². The number of nitrogens with one attached hydrogen (secondary N) is 1. The van der Waals surface area contributed by atoms with Gasteiger partial charge >= 0.3 is 0 Å². The van der Waals surface area contributed by atoms with Gasteiger partial charge in [-0.25, -0.2) is 0 Å². The highest BCUT2D eigenvalue weighted by Gasteiger charge is 2.24. The van der Waals surface area contributed by atoms with Crippen molar-refractivity contribution in [2.24, 2.45) is 16.6 Å². The first-order valence-electron chi connectivity index (χ1n) is 9.48. The van der Waals surface area contributed by atoms with Crippen molar-refractivity contribution >= 4 is 11.9 Å². The molecule has 0 aromatic heterocycles. The van der Waals surface area contributed by atoms with E-state index in [1.165, 1.54) is 5.56 Å². The number of likely N-dealkylation sites (tertiary alicyclic amines) is 1. The number of ether oxygens (including phenoxy) is 1. The van der Waals surface area contributed by atoms with Crippen LogP contribution in [-0.2, 0) is 4.79 Å². The fourth-order valence-electron chi connectivity index (χ4n) is 3.68. The van der Waals surface area contributed by atoms with Gasteiger partial charge in [0.15, 0.2) is 5.96 Å². The summed E-state index contributed by atoms with van der Waals surface area (Å²) in [5.74, 6) is 1.81. The van der Waals surface area contributed by atoms with E-state index in [1.54, 1.807) is 14.2 Å². The molecule has 1 saturated heterocycles. The number of hydrogen-bond donors (Lipinski definition) is 2. The Morgan fingerprint density at radius 1 is 1.48 bits per heavy atom. The fourth-order valence-corrected chi connectivity index (χ4v) is 3.68. The second kappa shape index (κ2) is 10.2. The number of likely N-dealkylation sites (N-methyl/N-ethyl adjacent to an activating group) is 1. The lowest BCUT2D eigenvalue weighted by Crippen LogP contribution is -2.48. The average Bonchev–Trinajstić information content (AvgIpc) is 2.64. The van der Waals surface area contributed by atoms with Gasteiger partial charge in [-0.1, -0.05) is 12.1 Å². The fraction of sp³-hybridized carbons (Fsp3) is 0.600. The Kier molecular flexibility index (Phi) is 7.91. The summed E-state index contributed by atoms with van der Waals surface area (Å²) < 4.78 is 5.36. The Morgan fingerprint density at radius 2 is 2.26 bits per heavy atom. The number of nitrogens with zero attached hydrogens (tertiary/aromatic N) is 3. The molecule has 1 amide bonds. The lowest BCUT2D eigenvalue weighted by Gasteiger charge is -2.35. The van der Waals surface area contributed by atoms with Gasteiger partial charge in [0.25, 0.3) is 0 Å². The van der Waals surface area contributed by atoms with Gasteiger partial charge in [-0.3, -0.25) is 9.79 Å². The molecule has 0 aliphatic carbocycles. The third kappa shape index (κ3) is 6.13. The summed E-state index contributed by atoms with van der Waals surface area (Å²) in [6.45, 7) is 2.49. The van der Waals surface area contributed by atoms with Crippen LogP contribution in [0, 0.1) is 5.92 Å². The molecule has 1 aromatic carbocycles. The van der Waals surface area contributed by atoms with E-state index in [4.69, 9.17) is 10.5 Å². The molecule has 2 unspecified atom stereocenters. The van der Waals surface area contributed by atoms with E-state index in [9.17, 15) is 4.79 Å². The van der Waals surface area contributed by atoms with Gasteiger partial charge in [-0.15, -0.1) is 0 Å². The second-order valence-electron chi connectivity index (χ2n) is 7.31. The number of piperidine rings is 1. The van der Waals surface area contributed by atoms with Gasteiger partial charge in [-0.2, -0.15) is 0 Å². The van der Waals surface area contributed by atoms with E-state index < -0.39 is 0 Å². The van der Waals surface area contributed by atoms with Crippen LogP contribution in [0.25, 0.3) is 0 Å². The zero-order chi connectivity index (χ0) is 19.8. The third-order valence-electron chi connectivity index (χ3n) is 5.08. The normalized spacial score (nSPS) is 19.1. The molecule has 2 rings (SSSR count). The molecule has 3 N–H and O–H groups in total. The number of carbonyl (C=O) groups excluding carboxylic acids is 1. The predicted molar refractivity (Wildman–Crippen MR) is 109 cm³/mol. The molecule has 7 nitrogen and oxygen atoms in total. The summed E-state index contributed by atoms with van der Waals surface area (Å²) in [5, 5.41) is 3.51. The first kappa shape index (κ1) is 21.0. The van der Waals surface area contributed by atoms with Crippen molar-refractivity contribution in [3.63, 3.8) is 0 Å². The number of hydrogen-bond acceptors (Lipinski definition) is 4. The Bertz CT molecular complexity index is 647. The topological polar surface area (TPSA) is 83.2 Å². The van der Waals surface area contributed by atoms with Crippen molar-refractivity contribution in [3.8, 4) is 5.75 Å². The summed E-state index contributed by atoms with van der Waals surface area (Å²) in [7, 11) is 7.62. The number of carbonyl (C=O) groups is 1. The van der Waals surface area contributed by atoms with Crippen LogP contribution in [-0.4, -0.2) is 69.6 Å². The molecule has 7 heteroatoms. The maximum absolute atomic E-state index is 11.3. The van der Waals surface area contributed by atoms with E-state index in [1.807, 2.05) is 12.1 Å². The van der Waals surface area contributed by atoms with Crippen molar-refractivity contribution in [2.45, 2.75) is 25.3 Å². The van der Waals surface area contributed by atoms with Gasteiger partial charge in [-0.05, 0) is 50.6 Å². The maximum atomic E-state index is 11.3. The second-order valence-corrected chi connectivity index (χ2v) is 7.31.